The summed E-state index contributed by atoms with van der Waals surface area (Å²) < 4.78 is 19.2. The molecule has 0 bridgehead atoms. The highest BCUT2D eigenvalue weighted by molar-refractivity contribution is 7.18. The third kappa shape index (κ3) is 3.52. The van der Waals surface area contributed by atoms with Gasteiger partial charge in [0.2, 0.25) is 5.13 Å². The first kappa shape index (κ1) is 16.1. The number of hydrogen-bond acceptors (Lipinski definition) is 6. The number of morpholine rings is 1. The van der Waals surface area contributed by atoms with Crippen LogP contribution in [-0.2, 0) is 4.74 Å². The first-order chi connectivity index (χ1) is 12.2. The SMILES string of the molecule is C[C@@H]1CN(c2nnc(-c3ccccn3)s2)C[C@@H](c2ccc(F)cc2)O1. The Balaban J connectivity index is 1.56. The van der Waals surface area contributed by atoms with E-state index in [4.69, 9.17) is 4.74 Å². The van der Waals surface area contributed by atoms with E-state index in [-0.39, 0.29) is 18.0 Å². The second-order valence-corrected chi connectivity index (χ2v) is 6.95. The number of hydrogen-bond donors (Lipinski definition) is 0. The van der Waals surface area contributed by atoms with Gasteiger partial charge in [-0.15, -0.1) is 10.2 Å². The Morgan fingerprint density at radius 1 is 1.12 bits per heavy atom. The summed E-state index contributed by atoms with van der Waals surface area (Å²) in [6.07, 6.45) is 1.68. The second kappa shape index (κ2) is 6.85. The van der Waals surface area contributed by atoms with Gasteiger partial charge >= 0.3 is 0 Å². The predicted octanol–water partition coefficient (Wildman–Crippen LogP) is 3.71. The van der Waals surface area contributed by atoms with Crippen molar-refractivity contribution in [2.75, 3.05) is 18.0 Å². The molecule has 2 atom stereocenters. The van der Waals surface area contributed by atoms with Gasteiger partial charge in [0.05, 0.1) is 12.6 Å². The fraction of sp³-hybridized carbons (Fsp3) is 0.278. The first-order valence-corrected chi connectivity index (χ1v) is 8.91. The van der Waals surface area contributed by atoms with E-state index in [1.54, 1.807) is 18.3 Å². The molecule has 1 saturated heterocycles. The Labute approximate surface area is 149 Å². The minimum absolute atomic E-state index is 0.0472. The number of nitrogens with zero attached hydrogens (tertiary/aromatic N) is 4. The van der Waals surface area contributed by atoms with Gasteiger partial charge in [0.1, 0.15) is 17.6 Å². The van der Waals surface area contributed by atoms with Crippen LogP contribution in [0.1, 0.15) is 18.6 Å². The van der Waals surface area contributed by atoms with Crippen molar-refractivity contribution in [3.05, 3.63) is 60.0 Å². The highest BCUT2D eigenvalue weighted by Crippen LogP contribution is 2.32. The molecule has 1 fully saturated rings. The highest BCUT2D eigenvalue weighted by Gasteiger charge is 2.28. The molecule has 0 amide bonds. The summed E-state index contributed by atoms with van der Waals surface area (Å²) in [6.45, 7) is 3.44. The van der Waals surface area contributed by atoms with Crippen molar-refractivity contribution in [3.8, 4) is 10.7 Å². The minimum Gasteiger partial charge on any atom is -0.367 e. The van der Waals surface area contributed by atoms with Gasteiger partial charge in [0, 0.05) is 12.7 Å². The first-order valence-electron chi connectivity index (χ1n) is 8.10. The molecular weight excluding hydrogens is 339 g/mol. The zero-order valence-electron chi connectivity index (χ0n) is 13.7. The third-order valence-electron chi connectivity index (χ3n) is 4.07. The van der Waals surface area contributed by atoms with Crippen molar-refractivity contribution in [1.29, 1.82) is 0 Å². The summed E-state index contributed by atoms with van der Waals surface area (Å²) in [5.41, 5.74) is 1.79. The molecule has 5 nitrogen and oxygen atoms in total. The fourth-order valence-corrected chi connectivity index (χ4v) is 3.74. The highest BCUT2D eigenvalue weighted by atomic mass is 32.1. The summed E-state index contributed by atoms with van der Waals surface area (Å²) >= 11 is 1.52. The molecule has 0 aliphatic carbocycles. The molecular formula is C18H17FN4OS. The van der Waals surface area contributed by atoms with Crippen molar-refractivity contribution in [2.24, 2.45) is 0 Å². The molecule has 1 aliphatic heterocycles. The molecule has 0 N–H and O–H groups in total. The van der Waals surface area contributed by atoms with Crippen LogP contribution in [0.15, 0.2) is 48.7 Å². The molecule has 3 heterocycles. The lowest BCUT2D eigenvalue weighted by Crippen LogP contribution is -2.42. The summed E-state index contributed by atoms with van der Waals surface area (Å²) in [5.74, 6) is -0.242. The van der Waals surface area contributed by atoms with Gasteiger partial charge in [-0.25, -0.2) is 4.39 Å². The van der Waals surface area contributed by atoms with Gasteiger partial charge in [-0.3, -0.25) is 4.98 Å². The van der Waals surface area contributed by atoms with Crippen molar-refractivity contribution >= 4 is 16.5 Å². The summed E-state index contributed by atoms with van der Waals surface area (Å²) in [7, 11) is 0. The normalized spacial score (nSPS) is 20.6. The Bertz CT molecular complexity index is 840. The van der Waals surface area contributed by atoms with Crippen LogP contribution in [-0.4, -0.2) is 34.4 Å². The van der Waals surface area contributed by atoms with Crippen molar-refractivity contribution in [1.82, 2.24) is 15.2 Å². The largest absolute Gasteiger partial charge is 0.367 e. The van der Waals surface area contributed by atoms with Gasteiger partial charge in [0.15, 0.2) is 5.01 Å². The molecule has 0 saturated carbocycles. The van der Waals surface area contributed by atoms with E-state index in [1.165, 1.54) is 23.5 Å². The van der Waals surface area contributed by atoms with Crippen LogP contribution in [0.2, 0.25) is 0 Å². The molecule has 0 spiro atoms. The van der Waals surface area contributed by atoms with Crippen LogP contribution in [0.4, 0.5) is 9.52 Å². The lowest BCUT2D eigenvalue weighted by molar-refractivity contribution is -0.0174. The lowest BCUT2D eigenvalue weighted by atomic mass is 10.1. The van der Waals surface area contributed by atoms with E-state index in [1.807, 2.05) is 25.1 Å². The van der Waals surface area contributed by atoms with Gasteiger partial charge in [0.25, 0.3) is 0 Å². The third-order valence-corrected chi connectivity index (χ3v) is 5.08. The van der Waals surface area contributed by atoms with Gasteiger partial charge in [-0.05, 0) is 36.8 Å². The molecule has 4 rings (SSSR count). The Hall–Kier alpha value is -2.38. The molecule has 25 heavy (non-hydrogen) atoms. The maximum absolute atomic E-state index is 13.2. The molecule has 0 unspecified atom stereocenters. The number of benzene rings is 1. The Morgan fingerprint density at radius 2 is 1.96 bits per heavy atom. The summed E-state index contributed by atoms with van der Waals surface area (Å²) in [4.78, 5) is 6.50. The van der Waals surface area contributed by atoms with E-state index in [0.29, 0.717) is 6.54 Å². The van der Waals surface area contributed by atoms with Gasteiger partial charge in [-0.1, -0.05) is 29.5 Å². The Morgan fingerprint density at radius 3 is 2.72 bits per heavy atom. The van der Waals surface area contributed by atoms with E-state index < -0.39 is 0 Å². The number of rotatable bonds is 3. The molecule has 2 aromatic heterocycles. The maximum Gasteiger partial charge on any atom is 0.208 e. The van der Waals surface area contributed by atoms with Crippen LogP contribution >= 0.6 is 11.3 Å². The topological polar surface area (TPSA) is 51.1 Å². The molecule has 1 aliphatic rings. The van der Waals surface area contributed by atoms with Crippen LogP contribution in [0, 0.1) is 5.82 Å². The van der Waals surface area contributed by atoms with E-state index in [9.17, 15) is 4.39 Å². The van der Waals surface area contributed by atoms with E-state index in [0.717, 1.165) is 27.9 Å². The molecule has 7 heteroatoms. The number of pyridine rings is 1. The van der Waals surface area contributed by atoms with E-state index in [2.05, 4.69) is 20.1 Å². The zero-order chi connectivity index (χ0) is 17.2. The number of aromatic nitrogens is 3. The average molecular weight is 356 g/mol. The van der Waals surface area contributed by atoms with Crippen molar-refractivity contribution in [3.63, 3.8) is 0 Å². The van der Waals surface area contributed by atoms with Crippen LogP contribution in [0.3, 0.4) is 0 Å². The number of halogens is 1. The number of ether oxygens (including phenoxy) is 1. The standard InChI is InChI=1S/C18H17FN4OS/c1-12-10-23(11-16(24-12)13-5-7-14(19)8-6-13)18-22-21-17(25-18)15-4-2-3-9-20-15/h2-9,12,16H,10-11H2,1H3/t12-,16+/m1/s1. The lowest BCUT2D eigenvalue weighted by Gasteiger charge is -2.36. The van der Waals surface area contributed by atoms with Crippen LogP contribution < -0.4 is 4.90 Å². The van der Waals surface area contributed by atoms with Gasteiger partial charge in [-0.2, -0.15) is 0 Å². The smallest absolute Gasteiger partial charge is 0.208 e. The second-order valence-electron chi connectivity index (χ2n) is 6.00. The van der Waals surface area contributed by atoms with Crippen LogP contribution in [0.5, 0.6) is 0 Å². The predicted molar refractivity (Wildman–Crippen MR) is 95.0 cm³/mol. The van der Waals surface area contributed by atoms with Crippen molar-refractivity contribution < 1.29 is 9.13 Å². The molecule has 1 aromatic carbocycles. The Kier molecular flexibility index (Phi) is 4.42. The molecule has 128 valence electrons. The molecule has 3 aromatic rings. The average Bonchev–Trinajstić information content (AvgIpc) is 3.13. The number of anilines is 1. The fourth-order valence-electron chi connectivity index (χ4n) is 2.91. The summed E-state index contributed by atoms with van der Waals surface area (Å²) in [5, 5.41) is 10.3. The zero-order valence-corrected chi connectivity index (χ0v) is 14.5. The molecule has 0 radical (unpaired) electrons. The quantitative estimate of drug-likeness (QED) is 0.716. The summed E-state index contributed by atoms with van der Waals surface area (Å²) in [6, 6.07) is 12.2. The maximum atomic E-state index is 13.2. The monoisotopic (exact) mass is 356 g/mol. The van der Waals surface area contributed by atoms with Gasteiger partial charge < -0.3 is 9.64 Å². The van der Waals surface area contributed by atoms with Crippen LogP contribution in [0.25, 0.3) is 10.7 Å². The minimum atomic E-state index is -0.242. The van der Waals surface area contributed by atoms with Crippen molar-refractivity contribution in [2.45, 2.75) is 19.1 Å². The van der Waals surface area contributed by atoms with E-state index >= 15 is 0 Å².